The van der Waals surface area contributed by atoms with Gasteiger partial charge in [0.15, 0.2) is 5.82 Å². The summed E-state index contributed by atoms with van der Waals surface area (Å²) in [6.07, 6.45) is 0.253. The molecule has 9 heteroatoms. The number of rotatable bonds is 6. The number of benzene rings is 2. The topological polar surface area (TPSA) is 95.7 Å². The lowest BCUT2D eigenvalue weighted by molar-refractivity contribution is 0.508. The molecule has 4 rings (SSSR count). The highest BCUT2D eigenvalue weighted by molar-refractivity contribution is 7.99. The van der Waals surface area contributed by atoms with Crippen LogP contribution in [0.3, 0.4) is 0 Å². The van der Waals surface area contributed by atoms with Crippen molar-refractivity contribution in [1.82, 2.24) is 25.1 Å². The van der Waals surface area contributed by atoms with E-state index >= 15 is 0 Å². The molecule has 148 valence electrons. The molecule has 0 amide bonds. The van der Waals surface area contributed by atoms with Gasteiger partial charge in [-0.25, -0.2) is 9.07 Å². The van der Waals surface area contributed by atoms with Crippen LogP contribution >= 0.6 is 11.8 Å². The quantitative estimate of drug-likeness (QED) is 0.380. The van der Waals surface area contributed by atoms with E-state index in [9.17, 15) is 4.39 Å². The van der Waals surface area contributed by atoms with Crippen LogP contribution in [0.5, 0.6) is 0 Å². The van der Waals surface area contributed by atoms with Crippen molar-refractivity contribution in [1.29, 1.82) is 0 Å². The Bertz CT molecular complexity index is 1140. The number of halogens is 1. The Morgan fingerprint density at radius 1 is 1.10 bits per heavy atom. The SMILES string of the molecule is Cc1cccc(-c2nnc([C@H](C)Sc3nnc(Cc4ccccc4F)n3N)o2)c1. The fourth-order valence-corrected chi connectivity index (χ4v) is 3.64. The number of nitrogens with two attached hydrogens (primary N) is 1. The lowest BCUT2D eigenvalue weighted by Gasteiger charge is -2.07. The van der Waals surface area contributed by atoms with Gasteiger partial charge in [0, 0.05) is 12.0 Å². The van der Waals surface area contributed by atoms with Crippen LogP contribution in [0.4, 0.5) is 4.39 Å². The molecule has 2 aromatic carbocycles. The smallest absolute Gasteiger partial charge is 0.247 e. The van der Waals surface area contributed by atoms with Crippen LogP contribution in [0.25, 0.3) is 11.5 Å². The first-order valence-corrected chi connectivity index (χ1v) is 9.89. The molecule has 2 heterocycles. The Balaban J connectivity index is 1.49. The molecule has 0 aliphatic heterocycles. The molecule has 7 nitrogen and oxygen atoms in total. The third-order valence-corrected chi connectivity index (χ3v) is 5.42. The van der Waals surface area contributed by atoms with Crippen molar-refractivity contribution in [2.24, 2.45) is 0 Å². The second kappa shape index (κ2) is 8.04. The van der Waals surface area contributed by atoms with Gasteiger partial charge in [-0.15, -0.1) is 20.4 Å². The van der Waals surface area contributed by atoms with Crippen molar-refractivity contribution in [2.75, 3.05) is 5.84 Å². The molecule has 0 saturated carbocycles. The van der Waals surface area contributed by atoms with Gasteiger partial charge in [0.1, 0.15) is 5.82 Å². The van der Waals surface area contributed by atoms with Crippen LogP contribution in [-0.4, -0.2) is 25.1 Å². The molecule has 2 aromatic heterocycles. The average Bonchev–Trinajstić information content (AvgIpc) is 3.33. The van der Waals surface area contributed by atoms with Gasteiger partial charge in [0.2, 0.25) is 16.9 Å². The minimum absolute atomic E-state index is 0.186. The Kier molecular flexibility index (Phi) is 5.30. The summed E-state index contributed by atoms with van der Waals surface area (Å²) < 4.78 is 21.1. The summed E-state index contributed by atoms with van der Waals surface area (Å²) in [4.78, 5) is 0. The summed E-state index contributed by atoms with van der Waals surface area (Å²) in [5.74, 6) is 7.22. The maximum absolute atomic E-state index is 13.9. The van der Waals surface area contributed by atoms with Gasteiger partial charge in [0.25, 0.3) is 0 Å². The zero-order valence-corrected chi connectivity index (χ0v) is 16.7. The van der Waals surface area contributed by atoms with Crippen molar-refractivity contribution >= 4 is 11.8 Å². The lowest BCUT2D eigenvalue weighted by Crippen LogP contribution is -2.15. The zero-order chi connectivity index (χ0) is 20.4. The van der Waals surface area contributed by atoms with E-state index in [1.165, 1.54) is 22.5 Å². The van der Waals surface area contributed by atoms with E-state index in [1.54, 1.807) is 18.2 Å². The van der Waals surface area contributed by atoms with Gasteiger partial charge in [-0.1, -0.05) is 47.7 Å². The molecule has 0 unspecified atom stereocenters. The fourth-order valence-electron chi connectivity index (χ4n) is 2.82. The summed E-state index contributed by atoms with van der Waals surface area (Å²) in [7, 11) is 0. The largest absolute Gasteiger partial charge is 0.419 e. The van der Waals surface area contributed by atoms with Crippen molar-refractivity contribution in [3.8, 4) is 11.5 Å². The van der Waals surface area contributed by atoms with E-state index in [-0.39, 0.29) is 17.5 Å². The predicted octanol–water partition coefficient (Wildman–Crippen LogP) is 3.93. The standard InChI is InChI=1S/C20H19FN6OS/c1-12-6-5-8-15(10-12)19-25-24-18(28-19)13(2)29-20-26-23-17(27(20)22)11-14-7-3-4-9-16(14)21/h3-10,13H,11,22H2,1-2H3/t13-/m0/s1. The third-order valence-electron chi connectivity index (χ3n) is 4.38. The molecule has 0 bridgehead atoms. The third kappa shape index (κ3) is 4.14. The van der Waals surface area contributed by atoms with Gasteiger partial charge in [0.05, 0.1) is 5.25 Å². The molecule has 1 atom stereocenters. The lowest BCUT2D eigenvalue weighted by atomic mass is 10.1. The van der Waals surface area contributed by atoms with Crippen molar-refractivity contribution < 1.29 is 8.81 Å². The second-order valence-electron chi connectivity index (χ2n) is 6.61. The van der Waals surface area contributed by atoms with Gasteiger partial charge in [-0.3, -0.25) is 0 Å². The molecule has 0 aliphatic rings. The fraction of sp³-hybridized carbons (Fsp3) is 0.200. The molecular formula is C20H19FN6OS. The predicted molar refractivity (Wildman–Crippen MR) is 108 cm³/mol. The van der Waals surface area contributed by atoms with Gasteiger partial charge in [-0.2, -0.15) is 0 Å². The number of nitrogen functional groups attached to an aromatic ring is 1. The van der Waals surface area contributed by atoms with Crippen molar-refractivity contribution in [3.63, 3.8) is 0 Å². The molecule has 0 spiro atoms. The molecular weight excluding hydrogens is 391 g/mol. The van der Waals surface area contributed by atoms with Crippen LogP contribution in [0.1, 0.15) is 35.0 Å². The van der Waals surface area contributed by atoms with E-state index in [0.29, 0.717) is 28.3 Å². The number of thioether (sulfide) groups is 1. The Morgan fingerprint density at radius 2 is 1.93 bits per heavy atom. The van der Waals surface area contributed by atoms with Gasteiger partial charge >= 0.3 is 0 Å². The highest BCUT2D eigenvalue weighted by atomic mass is 32.2. The van der Waals surface area contributed by atoms with E-state index in [2.05, 4.69) is 20.4 Å². The summed E-state index contributed by atoms with van der Waals surface area (Å²) in [6, 6.07) is 14.4. The highest BCUT2D eigenvalue weighted by Crippen LogP contribution is 2.34. The average molecular weight is 410 g/mol. The molecule has 29 heavy (non-hydrogen) atoms. The van der Waals surface area contributed by atoms with Crippen LogP contribution in [0.2, 0.25) is 0 Å². The maximum atomic E-state index is 13.9. The zero-order valence-electron chi connectivity index (χ0n) is 15.9. The summed E-state index contributed by atoms with van der Waals surface area (Å²) in [5.41, 5.74) is 2.49. The molecule has 2 N–H and O–H groups in total. The summed E-state index contributed by atoms with van der Waals surface area (Å²) in [6.45, 7) is 3.93. The van der Waals surface area contributed by atoms with E-state index in [1.807, 2.05) is 38.1 Å². The number of nitrogens with zero attached hydrogens (tertiary/aromatic N) is 5. The number of hydrogen-bond donors (Lipinski definition) is 1. The van der Waals surface area contributed by atoms with Crippen LogP contribution in [0, 0.1) is 12.7 Å². The summed E-state index contributed by atoms with van der Waals surface area (Å²) in [5, 5.41) is 16.8. The molecule has 0 aliphatic carbocycles. The van der Waals surface area contributed by atoms with Crippen molar-refractivity contribution in [3.05, 3.63) is 77.2 Å². The number of hydrogen-bond acceptors (Lipinski definition) is 7. The van der Waals surface area contributed by atoms with Crippen LogP contribution in [-0.2, 0) is 6.42 Å². The Labute approximate surface area is 171 Å². The van der Waals surface area contributed by atoms with Crippen LogP contribution in [0.15, 0.2) is 58.1 Å². The Hall–Kier alpha value is -3.20. The highest BCUT2D eigenvalue weighted by Gasteiger charge is 2.20. The maximum Gasteiger partial charge on any atom is 0.247 e. The normalized spacial score (nSPS) is 12.2. The number of aromatic nitrogens is 5. The number of aryl methyl sites for hydroxylation is 1. The molecule has 0 saturated heterocycles. The minimum Gasteiger partial charge on any atom is -0.419 e. The second-order valence-corrected chi connectivity index (χ2v) is 7.92. The van der Waals surface area contributed by atoms with Gasteiger partial charge < -0.3 is 10.3 Å². The first-order valence-electron chi connectivity index (χ1n) is 9.01. The van der Waals surface area contributed by atoms with Crippen LogP contribution < -0.4 is 5.84 Å². The van der Waals surface area contributed by atoms with Crippen molar-refractivity contribution in [2.45, 2.75) is 30.7 Å². The molecule has 4 aromatic rings. The Morgan fingerprint density at radius 3 is 2.72 bits per heavy atom. The van der Waals surface area contributed by atoms with E-state index < -0.39 is 0 Å². The molecule has 0 fully saturated rings. The first-order chi connectivity index (χ1) is 14.0. The first kappa shape index (κ1) is 19.1. The molecule has 0 radical (unpaired) electrons. The van der Waals surface area contributed by atoms with E-state index in [0.717, 1.165) is 11.1 Å². The monoisotopic (exact) mass is 410 g/mol. The summed E-state index contributed by atoms with van der Waals surface area (Å²) >= 11 is 1.34. The van der Waals surface area contributed by atoms with E-state index in [4.69, 9.17) is 10.3 Å². The van der Waals surface area contributed by atoms with Gasteiger partial charge in [-0.05, 0) is 37.6 Å². The minimum atomic E-state index is -0.299.